The summed E-state index contributed by atoms with van der Waals surface area (Å²) in [5, 5.41) is 9.83. The van der Waals surface area contributed by atoms with E-state index in [2.05, 4.69) is 12.1 Å². The molecule has 0 radical (unpaired) electrons. The first kappa shape index (κ1) is 12.7. The van der Waals surface area contributed by atoms with Gasteiger partial charge in [0.15, 0.2) is 0 Å². The van der Waals surface area contributed by atoms with Gasteiger partial charge in [0.05, 0.1) is 25.2 Å². The molecule has 2 aromatic carbocycles. The standard InChI is InChI=1S/C18H18O3/c19-17-8-5-12-9-14(6-7-15(12)17)20-10-13-11-21-18-4-2-1-3-16(13)18/h1-4,6-7,9,13,17,19H,5,8,10-11H2. The third-order valence-electron chi connectivity index (χ3n) is 4.41. The minimum Gasteiger partial charge on any atom is -0.493 e. The fraction of sp³-hybridized carbons (Fsp3) is 0.333. The molecule has 2 atom stereocenters. The van der Waals surface area contributed by atoms with E-state index in [1.807, 2.05) is 30.3 Å². The molecule has 0 fully saturated rings. The second-order valence-corrected chi connectivity index (χ2v) is 5.77. The smallest absolute Gasteiger partial charge is 0.123 e. The molecule has 0 bridgehead atoms. The maximum atomic E-state index is 9.83. The first-order valence-corrected chi connectivity index (χ1v) is 7.46. The fourth-order valence-electron chi connectivity index (χ4n) is 3.23. The van der Waals surface area contributed by atoms with Gasteiger partial charge in [0, 0.05) is 5.56 Å². The number of para-hydroxylation sites is 1. The summed E-state index contributed by atoms with van der Waals surface area (Å²) in [6, 6.07) is 14.1. The molecule has 0 saturated heterocycles. The van der Waals surface area contributed by atoms with Gasteiger partial charge in [-0.15, -0.1) is 0 Å². The van der Waals surface area contributed by atoms with Gasteiger partial charge >= 0.3 is 0 Å². The molecule has 2 unspecified atom stereocenters. The van der Waals surface area contributed by atoms with Crippen LogP contribution in [0.5, 0.6) is 11.5 Å². The van der Waals surface area contributed by atoms with Crippen molar-refractivity contribution in [3.8, 4) is 11.5 Å². The van der Waals surface area contributed by atoms with Crippen molar-refractivity contribution in [1.82, 2.24) is 0 Å². The molecule has 1 aliphatic carbocycles. The van der Waals surface area contributed by atoms with Gasteiger partial charge in [0.2, 0.25) is 0 Å². The van der Waals surface area contributed by atoms with Gasteiger partial charge in [-0.2, -0.15) is 0 Å². The van der Waals surface area contributed by atoms with E-state index in [1.54, 1.807) is 0 Å². The Kier molecular flexibility index (Phi) is 3.08. The number of hydrogen-bond acceptors (Lipinski definition) is 3. The zero-order chi connectivity index (χ0) is 14.2. The average Bonchev–Trinajstić information content (AvgIpc) is 3.09. The topological polar surface area (TPSA) is 38.7 Å². The summed E-state index contributed by atoms with van der Waals surface area (Å²) in [7, 11) is 0. The maximum absolute atomic E-state index is 9.83. The first-order chi connectivity index (χ1) is 10.3. The number of rotatable bonds is 3. The molecule has 0 amide bonds. The molecule has 2 aliphatic rings. The zero-order valence-electron chi connectivity index (χ0n) is 11.8. The fourth-order valence-corrected chi connectivity index (χ4v) is 3.23. The number of aliphatic hydroxyl groups excluding tert-OH is 1. The molecule has 0 aromatic heterocycles. The minimum atomic E-state index is -0.302. The van der Waals surface area contributed by atoms with Crippen molar-refractivity contribution in [2.75, 3.05) is 13.2 Å². The van der Waals surface area contributed by atoms with E-state index >= 15 is 0 Å². The van der Waals surface area contributed by atoms with Crippen molar-refractivity contribution < 1.29 is 14.6 Å². The van der Waals surface area contributed by atoms with Gasteiger partial charge in [-0.05, 0) is 42.2 Å². The number of hydrogen-bond donors (Lipinski definition) is 1. The Hall–Kier alpha value is -2.00. The Balaban J connectivity index is 1.46. The number of benzene rings is 2. The Bertz CT molecular complexity index is 665. The van der Waals surface area contributed by atoms with E-state index < -0.39 is 0 Å². The minimum absolute atomic E-state index is 0.292. The van der Waals surface area contributed by atoms with Crippen LogP contribution in [0.2, 0.25) is 0 Å². The van der Waals surface area contributed by atoms with Crippen LogP contribution in [-0.4, -0.2) is 18.3 Å². The molecular formula is C18H18O3. The van der Waals surface area contributed by atoms with Crippen molar-refractivity contribution in [3.63, 3.8) is 0 Å². The average molecular weight is 282 g/mol. The van der Waals surface area contributed by atoms with E-state index in [9.17, 15) is 5.11 Å². The van der Waals surface area contributed by atoms with Crippen LogP contribution in [0, 0.1) is 0 Å². The lowest BCUT2D eigenvalue weighted by molar-refractivity contribution is 0.180. The van der Waals surface area contributed by atoms with Gasteiger partial charge in [-0.1, -0.05) is 24.3 Å². The van der Waals surface area contributed by atoms with Crippen molar-refractivity contribution >= 4 is 0 Å². The Morgan fingerprint density at radius 2 is 2.05 bits per heavy atom. The van der Waals surface area contributed by atoms with Crippen LogP contribution in [0.4, 0.5) is 0 Å². The van der Waals surface area contributed by atoms with Gasteiger partial charge in [0.1, 0.15) is 11.5 Å². The molecule has 1 aliphatic heterocycles. The molecule has 4 rings (SSSR count). The number of aryl methyl sites for hydroxylation is 1. The summed E-state index contributed by atoms with van der Waals surface area (Å²) in [6.07, 6.45) is 1.45. The molecule has 21 heavy (non-hydrogen) atoms. The Morgan fingerprint density at radius 3 is 3.00 bits per heavy atom. The van der Waals surface area contributed by atoms with E-state index in [4.69, 9.17) is 9.47 Å². The predicted molar refractivity (Wildman–Crippen MR) is 79.9 cm³/mol. The van der Waals surface area contributed by atoms with Crippen LogP contribution < -0.4 is 9.47 Å². The highest BCUT2D eigenvalue weighted by molar-refractivity contribution is 5.41. The van der Waals surface area contributed by atoms with Crippen LogP contribution in [0.25, 0.3) is 0 Å². The van der Waals surface area contributed by atoms with Crippen molar-refractivity contribution in [2.24, 2.45) is 0 Å². The summed E-state index contributed by atoms with van der Waals surface area (Å²) in [6.45, 7) is 1.31. The lowest BCUT2D eigenvalue weighted by Crippen LogP contribution is -2.11. The maximum Gasteiger partial charge on any atom is 0.123 e. The predicted octanol–water partition coefficient (Wildman–Crippen LogP) is 3.22. The van der Waals surface area contributed by atoms with Gasteiger partial charge < -0.3 is 14.6 Å². The van der Waals surface area contributed by atoms with E-state index in [-0.39, 0.29) is 6.10 Å². The summed E-state index contributed by atoms with van der Waals surface area (Å²) in [5.41, 5.74) is 3.49. The number of aliphatic hydroxyl groups is 1. The number of fused-ring (bicyclic) bond motifs is 2. The second kappa shape index (κ2) is 5.08. The molecule has 0 saturated carbocycles. The first-order valence-electron chi connectivity index (χ1n) is 7.46. The molecule has 2 aromatic rings. The molecule has 1 N–H and O–H groups in total. The SMILES string of the molecule is OC1CCc2cc(OCC3COc4ccccc43)ccc21. The molecule has 3 heteroatoms. The highest BCUT2D eigenvalue weighted by atomic mass is 16.5. The van der Waals surface area contributed by atoms with Crippen LogP contribution in [0.15, 0.2) is 42.5 Å². The van der Waals surface area contributed by atoms with Gasteiger partial charge in [0.25, 0.3) is 0 Å². The Labute approximate surface area is 124 Å². The second-order valence-electron chi connectivity index (χ2n) is 5.77. The van der Waals surface area contributed by atoms with E-state index in [0.717, 1.165) is 29.9 Å². The van der Waals surface area contributed by atoms with E-state index in [1.165, 1.54) is 11.1 Å². The number of ether oxygens (including phenoxy) is 2. The van der Waals surface area contributed by atoms with Gasteiger partial charge in [-0.3, -0.25) is 0 Å². The quantitative estimate of drug-likeness (QED) is 0.939. The van der Waals surface area contributed by atoms with Gasteiger partial charge in [-0.25, -0.2) is 0 Å². The van der Waals surface area contributed by atoms with Crippen LogP contribution >= 0.6 is 0 Å². The monoisotopic (exact) mass is 282 g/mol. The van der Waals surface area contributed by atoms with Crippen LogP contribution in [0.3, 0.4) is 0 Å². The molecular weight excluding hydrogens is 264 g/mol. The third-order valence-corrected chi connectivity index (χ3v) is 4.41. The summed E-state index contributed by atoms with van der Waals surface area (Å²) in [4.78, 5) is 0. The lowest BCUT2D eigenvalue weighted by atomic mass is 10.0. The zero-order valence-corrected chi connectivity index (χ0v) is 11.8. The van der Waals surface area contributed by atoms with Crippen LogP contribution in [-0.2, 0) is 6.42 Å². The van der Waals surface area contributed by atoms with Crippen molar-refractivity contribution in [3.05, 3.63) is 59.2 Å². The van der Waals surface area contributed by atoms with E-state index in [0.29, 0.717) is 19.1 Å². The normalized spacial score (nSPS) is 22.5. The van der Waals surface area contributed by atoms with Crippen molar-refractivity contribution in [2.45, 2.75) is 24.9 Å². The highest BCUT2D eigenvalue weighted by Gasteiger charge is 2.25. The molecule has 0 spiro atoms. The summed E-state index contributed by atoms with van der Waals surface area (Å²) in [5.74, 6) is 2.15. The van der Waals surface area contributed by atoms with Crippen molar-refractivity contribution in [1.29, 1.82) is 0 Å². The highest BCUT2D eigenvalue weighted by Crippen LogP contribution is 2.35. The summed E-state index contributed by atoms with van der Waals surface area (Å²) < 4.78 is 11.6. The summed E-state index contributed by atoms with van der Waals surface area (Å²) >= 11 is 0. The molecule has 108 valence electrons. The Morgan fingerprint density at radius 1 is 1.14 bits per heavy atom. The van der Waals surface area contributed by atoms with Crippen LogP contribution in [0.1, 0.15) is 35.1 Å². The molecule has 3 nitrogen and oxygen atoms in total. The lowest BCUT2D eigenvalue weighted by Gasteiger charge is -2.12. The largest absolute Gasteiger partial charge is 0.493 e. The third kappa shape index (κ3) is 2.28. The molecule has 1 heterocycles.